The molecule has 0 aliphatic rings. The van der Waals surface area contributed by atoms with Crippen LogP contribution in [0.2, 0.25) is 0 Å². The molecule has 0 aromatic carbocycles. The maximum Gasteiger partial charge on any atom is 0.0785 e. The van der Waals surface area contributed by atoms with Gasteiger partial charge in [-0.15, -0.1) is 0 Å². The minimum absolute atomic E-state index is 0.865. The summed E-state index contributed by atoms with van der Waals surface area (Å²) in [4.78, 5) is 0. The minimum atomic E-state index is 0.865. The normalized spacial score (nSPS) is 13.5. The molecule has 0 aliphatic carbocycles. The molecule has 0 bridgehead atoms. The van der Waals surface area contributed by atoms with E-state index in [0.717, 1.165) is 5.92 Å². The van der Waals surface area contributed by atoms with Gasteiger partial charge in [-0.3, -0.25) is 0 Å². The lowest BCUT2D eigenvalue weighted by Gasteiger charge is -2.30. The van der Waals surface area contributed by atoms with Crippen molar-refractivity contribution in [1.82, 2.24) is 0 Å². The van der Waals surface area contributed by atoms with Crippen LogP contribution in [-0.2, 0) is 0 Å². The summed E-state index contributed by atoms with van der Waals surface area (Å²) >= 11 is 0. The van der Waals surface area contributed by atoms with Gasteiger partial charge in [0, 0.05) is 0 Å². The van der Waals surface area contributed by atoms with Crippen LogP contribution >= 0.6 is 0 Å². The van der Waals surface area contributed by atoms with Crippen molar-refractivity contribution in [2.75, 3.05) is 27.2 Å². The first-order chi connectivity index (χ1) is 7.87. The average molecular weight is 240 g/mol. The molecule has 0 fully saturated rings. The van der Waals surface area contributed by atoms with E-state index in [-0.39, 0.29) is 0 Å². The molecule has 0 radical (unpaired) electrons. The molecule has 0 aromatic heterocycles. The number of hydrogen-bond donors (Lipinski definition) is 0. The maximum absolute atomic E-state index is 2.40. The molecular weight excluding hydrogens is 206 g/mol. The molecule has 0 heterocycles. The van der Waals surface area contributed by atoms with Crippen LogP contribution in [-0.4, -0.2) is 31.7 Å². The van der Waals surface area contributed by atoms with Crippen molar-refractivity contribution in [3.05, 3.63) is 11.6 Å². The predicted molar refractivity (Wildman–Crippen MR) is 79.2 cm³/mol. The van der Waals surface area contributed by atoms with Crippen LogP contribution in [0.5, 0.6) is 0 Å². The van der Waals surface area contributed by atoms with Crippen molar-refractivity contribution in [3.8, 4) is 0 Å². The number of rotatable bonds is 9. The number of hydrogen-bond acceptors (Lipinski definition) is 0. The van der Waals surface area contributed by atoms with E-state index in [1.54, 1.807) is 0 Å². The van der Waals surface area contributed by atoms with Crippen molar-refractivity contribution in [3.63, 3.8) is 0 Å². The van der Waals surface area contributed by atoms with Gasteiger partial charge in [-0.1, -0.05) is 31.9 Å². The van der Waals surface area contributed by atoms with Crippen LogP contribution < -0.4 is 0 Å². The Morgan fingerprint density at radius 2 is 1.76 bits per heavy atom. The summed E-state index contributed by atoms with van der Waals surface area (Å²) in [7, 11) is 4.75. The first-order valence-corrected chi connectivity index (χ1v) is 7.32. The average Bonchev–Trinajstić information content (AvgIpc) is 2.23. The Labute approximate surface area is 109 Å². The molecule has 0 unspecified atom stereocenters. The highest BCUT2D eigenvalue weighted by Crippen LogP contribution is 2.14. The molecule has 1 heteroatoms. The summed E-state index contributed by atoms with van der Waals surface area (Å²) in [6.45, 7) is 11.7. The van der Waals surface area contributed by atoms with Crippen molar-refractivity contribution >= 4 is 0 Å². The monoisotopic (exact) mass is 240 g/mol. The van der Waals surface area contributed by atoms with Gasteiger partial charge in [-0.25, -0.2) is 0 Å². The molecule has 17 heavy (non-hydrogen) atoms. The van der Waals surface area contributed by atoms with Gasteiger partial charge in [0.25, 0.3) is 0 Å². The molecule has 0 N–H and O–H groups in total. The summed E-state index contributed by atoms with van der Waals surface area (Å²) in [6, 6.07) is 0. The van der Waals surface area contributed by atoms with E-state index in [9.17, 15) is 0 Å². The smallest absolute Gasteiger partial charge is 0.0785 e. The molecule has 0 spiro atoms. The van der Waals surface area contributed by atoms with Gasteiger partial charge in [-0.05, 0) is 45.4 Å². The topological polar surface area (TPSA) is 0 Å². The van der Waals surface area contributed by atoms with Gasteiger partial charge in [0.1, 0.15) is 0 Å². The molecule has 0 saturated heterocycles. The lowest BCUT2D eigenvalue weighted by Crippen LogP contribution is -2.41. The van der Waals surface area contributed by atoms with Crippen LogP contribution in [0.15, 0.2) is 11.6 Å². The molecule has 0 amide bonds. The van der Waals surface area contributed by atoms with Crippen LogP contribution in [0.3, 0.4) is 0 Å². The zero-order valence-electron chi connectivity index (χ0n) is 13.1. The number of unbranched alkanes of at least 4 members (excludes halogenated alkanes) is 1. The Balaban J connectivity index is 3.74. The highest BCUT2D eigenvalue weighted by Gasteiger charge is 2.15. The molecule has 0 saturated carbocycles. The second-order valence-corrected chi connectivity index (χ2v) is 6.49. The maximum atomic E-state index is 2.40. The second kappa shape index (κ2) is 8.74. The van der Waals surface area contributed by atoms with Crippen LogP contribution in [0.4, 0.5) is 0 Å². The largest absolute Gasteiger partial charge is 0.328 e. The third-order valence-electron chi connectivity index (χ3n) is 3.56. The van der Waals surface area contributed by atoms with Crippen molar-refractivity contribution < 1.29 is 4.48 Å². The van der Waals surface area contributed by atoms with Crippen molar-refractivity contribution in [1.29, 1.82) is 0 Å². The van der Waals surface area contributed by atoms with E-state index < -0.39 is 0 Å². The highest BCUT2D eigenvalue weighted by atomic mass is 15.3. The molecule has 1 nitrogen and oxygen atoms in total. The first kappa shape index (κ1) is 16.7. The van der Waals surface area contributed by atoms with Crippen LogP contribution in [0.1, 0.15) is 59.8 Å². The lowest BCUT2D eigenvalue weighted by atomic mass is 10.0. The second-order valence-electron chi connectivity index (χ2n) is 6.49. The molecular formula is C16H34N+. The summed E-state index contributed by atoms with van der Waals surface area (Å²) < 4.78 is 1.20. The first-order valence-electron chi connectivity index (χ1n) is 7.32. The third kappa shape index (κ3) is 10.6. The highest BCUT2D eigenvalue weighted by molar-refractivity contribution is 4.92. The van der Waals surface area contributed by atoms with Gasteiger partial charge >= 0.3 is 0 Å². The van der Waals surface area contributed by atoms with E-state index in [2.05, 4.69) is 47.9 Å². The Bertz CT molecular complexity index is 212. The van der Waals surface area contributed by atoms with Gasteiger partial charge in [-0.2, -0.15) is 0 Å². The zero-order valence-corrected chi connectivity index (χ0v) is 13.1. The summed E-state index contributed by atoms with van der Waals surface area (Å²) in [5.41, 5.74) is 1.45. The SMILES string of the molecule is CCCC[N+](C)(C)CC[C@H](C)CCC=C(C)C. The van der Waals surface area contributed by atoms with Gasteiger partial charge in [0.2, 0.25) is 0 Å². The van der Waals surface area contributed by atoms with Crippen LogP contribution in [0, 0.1) is 5.92 Å². The minimum Gasteiger partial charge on any atom is -0.328 e. The fourth-order valence-corrected chi connectivity index (χ4v) is 2.07. The van der Waals surface area contributed by atoms with Gasteiger partial charge < -0.3 is 4.48 Å². The van der Waals surface area contributed by atoms with Gasteiger partial charge in [0.05, 0.1) is 27.2 Å². The standard InChI is InChI=1S/C16H34N/c1-7-8-13-17(5,6)14-12-16(4)11-9-10-15(2)3/h10,16H,7-9,11-14H2,1-6H3/q+1/t16-/m1/s1. The lowest BCUT2D eigenvalue weighted by molar-refractivity contribution is -0.891. The Morgan fingerprint density at radius 3 is 2.29 bits per heavy atom. The summed E-state index contributed by atoms with van der Waals surface area (Å²) in [5.74, 6) is 0.865. The van der Waals surface area contributed by atoms with E-state index in [1.165, 1.54) is 55.2 Å². The Morgan fingerprint density at radius 1 is 1.12 bits per heavy atom. The van der Waals surface area contributed by atoms with E-state index in [4.69, 9.17) is 0 Å². The molecule has 0 rings (SSSR count). The molecule has 102 valence electrons. The fourth-order valence-electron chi connectivity index (χ4n) is 2.07. The van der Waals surface area contributed by atoms with Crippen LogP contribution in [0.25, 0.3) is 0 Å². The summed E-state index contributed by atoms with van der Waals surface area (Å²) in [6.07, 6.45) is 9.02. The van der Waals surface area contributed by atoms with Crippen molar-refractivity contribution in [2.24, 2.45) is 5.92 Å². The third-order valence-corrected chi connectivity index (χ3v) is 3.56. The van der Waals surface area contributed by atoms with Crippen molar-refractivity contribution in [2.45, 2.75) is 59.8 Å². The number of nitrogens with zero attached hydrogens (tertiary/aromatic N) is 1. The quantitative estimate of drug-likeness (QED) is 0.407. The van der Waals surface area contributed by atoms with Gasteiger partial charge in [0.15, 0.2) is 0 Å². The zero-order chi connectivity index (χ0) is 13.3. The number of quaternary nitrogens is 1. The van der Waals surface area contributed by atoms with E-state index >= 15 is 0 Å². The predicted octanol–water partition coefficient (Wildman–Crippen LogP) is 4.64. The fraction of sp³-hybridized carbons (Fsp3) is 0.875. The number of allylic oxidation sites excluding steroid dienone is 2. The molecule has 1 atom stereocenters. The van der Waals surface area contributed by atoms with E-state index in [1.807, 2.05) is 0 Å². The summed E-state index contributed by atoms with van der Waals surface area (Å²) in [5, 5.41) is 0. The molecule has 0 aliphatic heterocycles. The molecule has 0 aromatic rings. The Hall–Kier alpha value is -0.300. The van der Waals surface area contributed by atoms with E-state index in [0.29, 0.717) is 0 Å². The Kier molecular flexibility index (Phi) is 8.59.